The Labute approximate surface area is 148 Å². The summed E-state index contributed by atoms with van der Waals surface area (Å²) in [4.78, 5) is 14.9. The molecule has 2 aromatic rings. The third-order valence-corrected chi connectivity index (χ3v) is 4.73. The van der Waals surface area contributed by atoms with E-state index in [0.717, 1.165) is 23.9 Å². The van der Waals surface area contributed by atoms with E-state index in [1.54, 1.807) is 0 Å². The van der Waals surface area contributed by atoms with Crippen molar-refractivity contribution in [3.63, 3.8) is 0 Å². The number of hydrogen-bond donors (Lipinski definition) is 1. The van der Waals surface area contributed by atoms with Gasteiger partial charge in [0.2, 0.25) is 5.91 Å². The number of anilines is 1. The summed E-state index contributed by atoms with van der Waals surface area (Å²) in [5.41, 5.74) is 0.721. The second-order valence-corrected chi connectivity index (χ2v) is 7.06. The Morgan fingerprint density at radius 2 is 1.72 bits per heavy atom. The van der Waals surface area contributed by atoms with Gasteiger partial charge in [-0.25, -0.2) is 0 Å². The van der Waals surface area contributed by atoms with E-state index in [2.05, 4.69) is 10.2 Å². The molecule has 0 aliphatic heterocycles. The molecule has 0 aromatic heterocycles. The van der Waals surface area contributed by atoms with Gasteiger partial charge in [0.25, 0.3) is 0 Å². The Kier molecular flexibility index (Phi) is 4.70. The van der Waals surface area contributed by atoms with E-state index in [9.17, 15) is 4.79 Å². The standard InChI is InChI=1S/C21H24N2O2/c24-21(15-23(17-12-13-17)14-16-10-11-16)22-19-8-4-5-9-20(19)25-18-6-2-1-3-7-18/h1-9,16-17H,10-15H2,(H,22,24). The van der Waals surface area contributed by atoms with Crippen LogP contribution in [0.2, 0.25) is 0 Å². The number of benzene rings is 2. The molecule has 130 valence electrons. The quantitative estimate of drug-likeness (QED) is 0.782. The molecule has 0 atom stereocenters. The number of nitrogens with one attached hydrogen (secondary N) is 1. The van der Waals surface area contributed by atoms with Crippen molar-refractivity contribution < 1.29 is 9.53 Å². The lowest BCUT2D eigenvalue weighted by molar-refractivity contribution is -0.117. The van der Waals surface area contributed by atoms with Gasteiger partial charge in [0.1, 0.15) is 5.75 Å². The predicted octanol–water partition coefficient (Wildman–Crippen LogP) is 4.29. The Morgan fingerprint density at radius 3 is 2.44 bits per heavy atom. The second kappa shape index (κ2) is 7.28. The van der Waals surface area contributed by atoms with Crippen LogP contribution in [0, 0.1) is 5.92 Å². The van der Waals surface area contributed by atoms with E-state index in [4.69, 9.17) is 4.74 Å². The summed E-state index contributed by atoms with van der Waals surface area (Å²) in [7, 11) is 0. The number of rotatable bonds is 8. The molecule has 0 radical (unpaired) electrons. The van der Waals surface area contributed by atoms with Gasteiger partial charge in [0, 0.05) is 12.6 Å². The third-order valence-electron chi connectivity index (χ3n) is 4.73. The molecule has 0 unspecified atom stereocenters. The number of para-hydroxylation sites is 3. The molecule has 0 saturated heterocycles. The molecule has 0 heterocycles. The van der Waals surface area contributed by atoms with Gasteiger partial charge in [-0.15, -0.1) is 0 Å². The van der Waals surface area contributed by atoms with Crippen LogP contribution in [0.4, 0.5) is 5.69 Å². The van der Waals surface area contributed by atoms with Crippen molar-refractivity contribution in [2.45, 2.75) is 31.7 Å². The van der Waals surface area contributed by atoms with Crippen molar-refractivity contribution in [3.8, 4) is 11.5 Å². The van der Waals surface area contributed by atoms with E-state index in [-0.39, 0.29) is 5.91 Å². The van der Waals surface area contributed by atoms with E-state index < -0.39 is 0 Å². The summed E-state index contributed by atoms with van der Waals surface area (Å²) in [5, 5.41) is 3.03. The van der Waals surface area contributed by atoms with E-state index in [1.165, 1.54) is 25.7 Å². The summed E-state index contributed by atoms with van der Waals surface area (Å²) < 4.78 is 5.92. The molecule has 1 amide bonds. The first-order valence-corrected chi connectivity index (χ1v) is 9.14. The monoisotopic (exact) mass is 336 g/mol. The number of carbonyl (C=O) groups is 1. The summed E-state index contributed by atoms with van der Waals surface area (Å²) >= 11 is 0. The lowest BCUT2D eigenvalue weighted by atomic mass is 10.2. The number of amides is 1. The first-order chi connectivity index (χ1) is 12.3. The normalized spacial score (nSPS) is 16.7. The lowest BCUT2D eigenvalue weighted by Crippen LogP contribution is -2.36. The van der Waals surface area contributed by atoms with Crippen molar-refractivity contribution in [2.75, 3.05) is 18.4 Å². The largest absolute Gasteiger partial charge is 0.455 e. The van der Waals surface area contributed by atoms with Gasteiger partial charge < -0.3 is 10.1 Å². The molecule has 4 nitrogen and oxygen atoms in total. The Hall–Kier alpha value is -2.33. The zero-order valence-electron chi connectivity index (χ0n) is 14.4. The second-order valence-electron chi connectivity index (χ2n) is 7.06. The molecule has 2 aliphatic carbocycles. The smallest absolute Gasteiger partial charge is 0.238 e. The SMILES string of the molecule is O=C(CN(CC1CC1)C1CC1)Nc1ccccc1Oc1ccccc1. The molecule has 0 spiro atoms. The van der Waals surface area contributed by atoms with Gasteiger partial charge >= 0.3 is 0 Å². The molecular weight excluding hydrogens is 312 g/mol. The van der Waals surface area contributed by atoms with Crippen molar-refractivity contribution in [1.29, 1.82) is 0 Å². The number of nitrogens with zero attached hydrogens (tertiary/aromatic N) is 1. The van der Waals surface area contributed by atoms with Crippen LogP contribution in [-0.4, -0.2) is 29.9 Å². The van der Waals surface area contributed by atoms with E-state index in [1.807, 2.05) is 54.6 Å². The van der Waals surface area contributed by atoms with Crippen molar-refractivity contribution in [1.82, 2.24) is 4.90 Å². The third kappa shape index (κ3) is 4.60. The highest BCUT2D eigenvalue weighted by molar-refractivity contribution is 5.93. The fraction of sp³-hybridized carbons (Fsp3) is 0.381. The van der Waals surface area contributed by atoms with E-state index in [0.29, 0.717) is 18.3 Å². The molecule has 2 aliphatic rings. The lowest BCUT2D eigenvalue weighted by Gasteiger charge is -2.21. The fourth-order valence-corrected chi connectivity index (χ4v) is 3.06. The first-order valence-electron chi connectivity index (χ1n) is 9.14. The zero-order chi connectivity index (χ0) is 17.1. The summed E-state index contributed by atoms with van der Waals surface area (Å²) in [6, 6.07) is 17.8. The first kappa shape index (κ1) is 16.2. The van der Waals surface area contributed by atoms with Crippen LogP contribution < -0.4 is 10.1 Å². The highest BCUT2D eigenvalue weighted by atomic mass is 16.5. The van der Waals surface area contributed by atoms with Crippen LogP contribution in [0.3, 0.4) is 0 Å². The molecule has 4 rings (SSSR count). The van der Waals surface area contributed by atoms with Crippen LogP contribution in [0.5, 0.6) is 11.5 Å². The topological polar surface area (TPSA) is 41.6 Å². The fourth-order valence-electron chi connectivity index (χ4n) is 3.06. The maximum absolute atomic E-state index is 12.6. The van der Waals surface area contributed by atoms with Gasteiger partial charge in [0.05, 0.1) is 12.2 Å². The van der Waals surface area contributed by atoms with Crippen molar-refractivity contribution >= 4 is 11.6 Å². The van der Waals surface area contributed by atoms with Gasteiger partial charge in [0.15, 0.2) is 5.75 Å². The van der Waals surface area contributed by atoms with Crippen molar-refractivity contribution in [3.05, 3.63) is 54.6 Å². The molecule has 2 aromatic carbocycles. The Morgan fingerprint density at radius 1 is 1.00 bits per heavy atom. The number of carbonyl (C=O) groups excluding carboxylic acids is 1. The van der Waals surface area contributed by atoms with Crippen LogP contribution in [0.25, 0.3) is 0 Å². The van der Waals surface area contributed by atoms with Gasteiger partial charge in [-0.2, -0.15) is 0 Å². The molecule has 0 bridgehead atoms. The minimum Gasteiger partial charge on any atom is -0.455 e. The highest BCUT2D eigenvalue weighted by Gasteiger charge is 2.34. The predicted molar refractivity (Wildman–Crippen MR) is 98.9 cm³/mol. The van der Waals surface area contributed by atoms with Gasteiger partial charge in [-0.05, 0) is 55.9 Å². The summed E-state index contributed by atoms with van der Waals surface area (Å²) in [6.07, 6.45) is 5.10. The Balaban J connectivity index is 1.40. The molecular formula is C21H24N2O2. The molecule has 4 heteroatoms. The highest BCUT2D eigenvalue weighted by Crippen LogP contribution is 2.35. The van der Waals surface area contributed by atoms with Crippen LogP contribution >= 0.6 is 0 Å². The average Bonchev–Trinajstić information content (AvgIpc) is 3.51. The van der Waals surface area contributed by atoms with E-state index >= 15 is 0 Å². The maximum atomic E-state index is 12.6. The van der Waals surface area contributed by atoms with Crippen LogP contribution in [0.15, 0.2) is 54.6 Å². The zero-order valence-corrected chi connectivity index (χ0v) is 14.4. The van der Waals surface area contributed by atoms with Crippen LogP contribution in [0.1, 0.15) is 25.7 Å². The molecule has 1 N–H and O–H groups in total. The minimum absolute atomic E-state index is 0.0386. The van der Waals surface area contributed by atoms with Crippen LogP contribution in [-0.2, 0) is 4.79 Å². The molecule has 2 fully saturated rings. The summed E-state index contributed by atoms with van der Waals surface area (Å²) in [5.74, 6) is 2.28. The number of ether oxygens (including phenoxy) is 1. The Bertz CT molecular complexity index is 724. The summed E-state index contributed by atoms with van der Waals surface area (Å²) in [6.45, 7) is 1.54. The van der Waals surface area contributed by atoms with Crippen molar-refractivity contribution in [2.24, 2.45) is 5.92 Å². The maximum Gasteiger partial charge on any atom is 0.238 e. The minimum atomic E-state index is 0.0386. The van der Waals surface area contributed by atoms with Gasteiger partial charge in [-0.3, -0.25) is 9.69 Å². The average molecular weight is 336 g/mol. The number of hydrogen-bond acceptors (Lipinski definition) is 3. The molecule has 25 heavy (non-hydrogen) atoms. The van der Waals surface area contributed by atoms with Gasteiger partial charge in [-0.1, -0.05) is 30.3 Å². The molecule has 2 saturated carbocycles.